The van der Waals surface area contributed by atoms with Crippen LogP contribution in [0.5, 0.6) is 0 Å². The van der Waals surface area contributed by atoms with Gasteiger partial charge in [0, 0.05) is 6.54 Å². The van der Waals surface area contributed by atoms with Crippen molar-refractivity contribution in [2.24, 2.45) is 0 Å². The Labute approximate surface area is 101 Å². The number of halogens is 1. The van der Waals surface area contributed by atoms with Crippen LogP contribution in [0.3, 0.4) is 0 Å². The first-order chi connectivity index (χ1) is 7.66. The molecular weight excluding hydrogens is 224 g/mol. The van der Waals surface area contributed by atoms with Crippen molar-refractivity contribution in [3.63, 3.8) is 0 Å². The Balaban J connectivity index is 2.45. The lowest BCUT2D eigenvalue weighted by atomic mass is 9.96. The molecule has 1 aliphatic rings. The van der Waals surface area contributed by atoms with Crippen molar-refractivity contribution < 1.29 is 0 Å². The van der Waals surface area contributed by atoms with Gasteiger partial charge in [-0.25, -0.2) is 4.68 Å². The van der Waals surface area contributed by atoms with Crippen LogP contribution in [0.2, 0.25) is 5.02 Å². The summed E-state index contributed by atoms with van der Waals surface area (Å²) in [6.45, 7) is 4.79. The molecule has 1 aromatic heterocycles. The summed E-state index contributed by atoms with van der Waals surface area (Å²) in [5, 5.41) is 0.396. The van der Waals surface area contributed by atoms with Crippen molar-refractivity contribution in [1.82, 2.24) is 9.36 Å². The summed E-state index contributed by atoms with van der Waals surface area (Å²) in [7, 11) is 0. The first-order valence-corrected chi connectivity index (χ1v) is 6.52. The van der Waals surface area contributed by atoms with E-state index in [1.165, 1.54) is 19.3 Å². The average Bonchev–Trinajstić information content (AvgIpc) is 2.54. The summed E-state index contributed by atoms with van der Waals surface area (Å²) in [6, 6.07) is 0.354. The second-order valence-electron chi connectivity index (χ2n) is 4.56. The minimum absolute atomic E-state index is 0.00656. The summed E-state index contributed by atoms with van der Waals surface area (Å²) in [5.41, 5.74) is 0.896. The second-order valence-corrected chi connectivity index (χ2v) is 4.93. The van der Waals surface area contributed by atoms with E-state index in [4.69, 9.17) is 11.6 Å². The van der Waals surface area contributed by atoms with Crippen molar-refractivity contribution in [3.05, 3.63) is 21.1 Å². The van der Waals surface area contributed by atoms with Crippen LogP contribution in [0.15, 0.2) is 4.79 Å². The molecule has 1 saturated carbocycles. The number of nitrogens with zero attached hydrogens (tertiary/aromatic N) is 2. The topological polar surface area (TPSA) is 26.9 Å². The fourth-order valence-corrected chi connectivity index (χ4v) is 2.90. The minimum Gasteiger partial charge on any atom is -0.285 e. The van der Waals surface area contributed by atoms with Crippen molar-refractivity contribution in [1.29, 1.82) is 0 Å². The van der Waals surface area contributed by atoms with Crippen molar-refractivity contribution >= 4 is 11.6 Å². The van der Waals surface area contributed by atoms with Crippen molar-refractivity contribution in [3.8, 4) is 0 Å². The molecule has 1 aromatic rings. The number of aromatic nitrogens is 2. The molecule has 0 saturated heterocycles. The van der Waals surface area contributed by atoms with Crippen LogP contribution < -0.4 is 5.56 Å². The molecule has 0 N–H and O–H groups in total. The molecule has 2 rings (SSSR count). The van der Waals surface area contributed by atoms with Crippen molar-refractivity contribution in [2.75, 3.05) is 0 Å². The lowest BCUT2D eigenvalue weighted by Gasteiger charge is -2.25. The van der Waals surface area contributed by atoms with Gasteiger partial charge >= 0.3 is 0 Å². The zero-order valence-corrected chi connectivity index (χ0v) is 10.8. The quantitative estimate of drug-likeness (QED) is 0.783. The van der Waals surface area contributed by atoms with Gasteiger partial charge in [-0.1, -0.05) is 30.9 Å². The Hall–Kier alpha value is -0.700. The summed E-state index contributed by atoms with van der Waals surface area (Å²) < 4.78 is 3.91. The standard InChI is InChI=1S/C12H19ClN2O/c1-3-14-9(2)11(13)12(16)15(14)10-7-5-4-6-8-10/h10H,3-8H2,1-2H3. The molecule has 0 unspecified atom stereocenters. The van der Waals surface area contributed by atoms with E-state index >= 15 is 0 Å². The SMILES string of the molecule is CCn1c(C)c(Cl)c(=O)n1C1CCCCC1. The van der Waals surface area contributed by atoms with Crippen LogP contribution in [-0.4, -0.2) is 9.36 Å². The lowest BCUT2D eigenvalue weighted by Crippen LogP contribution is -2.29. The molecule has 1 fully saturated rings. The van der Waals surface area contributed by atoms with Gasteiger partial charge in [0.05, 0.1) is 11.7 Å². The highest BCUT2D eigenvalue weighted by molar-refractivity contribution is 6.31. The molecule has 90 valence electrons. The van der Waals surface area contributed by atoms with E-state index in [0.29, 0.717) is 11.1 Å². The molecule has 0 radical (unpaired) electrons. The maximum Gasteiger partial charge on any atom is 0.285 e. The molecule has 1 heterocycles. The third-order valence-electron chi connectivity index (χ3n) is 3.58. The van der Waals surface area contributed by atoms with Crippen LogP contribution in [0.25, 0.3) is 0 Å². The second kappa shape index (κ2) is 4.66. The summed E-state index contributed by atoms with van der Waals surface area (Å²) in [4.78, 5) is 12.1. The molecule has 16 heavy (non-hydrogen) atoms. The van der Waals surface area contributed by atoms with E-state index in [-0.39, 0.29) is 5.56 Å². The maximum absolute atomic E-state index is 12.1. The molecule has 0 amide bonds. The monoisotopic (exact) mass is 242 g/mol. The fraction of sp³-hybridized carbons (Fsp3) is 0.750. The molecule has 0 aromatic carbocycles. The molecule has 1 aliphatic carbocycles. The van der Waals surface area contributed by atoms with Crippen LogP contribution >= 0.6 is 11.6 Å². The molecule has 0 bridgehead atoms. The predicted molar refractivity (Wildman–Crippen MR) is 66.2 cm³/mol. The Morgan fingerprint density at radius 2 is 1.94 bits per heavy atom. The smallest absolute Gasteiger partial charge is 0.285 e. The normalized spacial score (nSPS) is 17.9. The van der Waals surface area contributed by atoms with Gasteiger partial charge in [0.1, 0.15) is 5.02 Å². The Morgan fingerprint density at radius 3 is 2.50 bits per heavy atom. The van der Waals surface area contributed by atoms with Gasteiger partial charge in [0.25, 0.3) is 5.56 Å². The van der Waals surface area contributed by atoms with E-state index in [2.05, 4.69) is 6.92 Å². The van der Waals surface area contributed by atoms with Crippen LogP contribution in [-0.2, 0) is 6.54 Å². The third-order valence-corrected chi connectivity index (χ3v) is 4.02. The first-order valence-electron chi connectivity index (χ1n) is 6.14. The zero-order chi connectivity index (χ0) is 11.7. The van der Waals surface area contributed by atoms with Gasteiger partial charge in [-0.2, -0.15) is 0 Å². The highest BCUT2D eigenvalue weighted by Gasteiger charge is 2.22. The van der Waals surface area contributed by atoms with Crippen LogP contribution in [0.1, 0.15) is 50.8 Å². The molecular formula is C12H19ClN2O. The van der Waals surface area contributed by atoms with Crippen LogP contribution in [0, 0.1) is 6.92 Å². The van der Waals surface area contributed by atoms with Crippen LogP contribution in [0.4, 0.5) is 0 Å². The van der Waals surface area contributed by atoms with E-state index in [1.807, 2.05) is 16.3 Å². The van der Waals surface area contributed by atoms with E-state index in [9.17, 15) is 4.79 Å². The third kappa shape index (κ3) is 1.81. The van der Waals surface area contributed by atoms with Crippen molar-refractivity contribution in [2.45, 2.75) is 58.5 Å². The largest absolute Gasteiger partial charge is 0.285 e. The molecule has 0 spiro atoms. The minimum atomic E-state index is -0.00656. The lowest BCUT2D eigenvalue weighted by molar-refractivity contribution is 0.283. The Morgan fingerprint density at radius 1 is 1.31 bits per heavy atom. The maximum atomic E-state index is 12.1. The first kappa shape index (κ1) is 11.8. The van der Waals surface area contributed by atoms with E-state index in [1.54, 1.807) is 0 Å². The zero-order valence-electron chi connectivity index (χ0n) is 10.0. The fourth-order valence-electron chi connectivity index (χ4n) is 2.72. The summed E-state index contributed by atoms with van der Waals surface area (Å²) in [6.07, 6.45) is 5.97. The number of hydrogen-bond donors (Lipinski definition) is 0. The molecule has 3 nitrogen and oxygen atoms in total. The molecule has 0 aliphatic heterocycles. The Kier molecular flexibility index (Phi) is 3.43. The predicted octanol–water partition coefficient (Wildman–Crippen LogP) is 3.14. The molecule has 4 heteroatoms. The van der Waals surface area contributed by atoms with Gasteiger partial charge < -0.3 is 0 Å². The summed E-state index contributed by atoms with van der Waals surface area (Å²) >= 11 is 6.05. The van der Waals surface area contributed by atoms with E-state index in [0.717, 1.165) is 25.1 Å². The number of rotatable bonds is 2. The Bertz CT molecular complexity index is 427. The molecule has 0 atom stereocenters. The van der Waals surface area contributed by atoms with Gasteiger partial charge in [-0.15, -0.1) is 0 Å². The highest BCUT2D eigenvalue weighted by atomic mass is 35.5. The summed E-state index contributed by atoms with van der Waals surface area (Å²) in [5.74, 6) is 0. The van der Waals surface area contributed by atoms with Gasteiger partial charge in [0.15, 0.2) is 0 Å². The highest BCUT2D eigenvalue weighted by Crippen LogP contribution is 2.28. The van der Waals surface area contributed by atoms with Gasteiger partial charge in [-0.3, -0.25) is 9.48 Å². The van der Waals surface area contributed by atoms with Gasteiger partial charge in [0.2, 0.25) is 0 Å². The van der Waals surface area contributed by atoms with E-state index < -0.39 is 0 Å². The average molecular weight is 243 g/mol. The van der Waals surface area contributed by atoms with Gasteiger partial charge in [-0.05, 0) is 26.7 Å². The number of hydrogen-bond acceptors (Lipinski definition) is 1.